The van der Waals surface area contributed by atoms with Gasteiger partial charge in [-0.2, -0.15) is 0 Å². The first kappa shape index (κ1) is 14.0. The van der Waals surface area contributed by atoms with E-state index in [0.29, 0.717) is 11.1 Å². The zero-order chi connectivity index (χ0) is 14.7. The summed E-state index contributed by atoms with van der Waals surface area (Å²) >= 11 is 0. The summed E-state index contributed by atoms with van der Waals surface area (Å²) in [6.45, 7) is 3.59. The van der Waals surface area contributed by atoms with Crippen LogP contribution in [-0.4, -0.2) is 4.92 Å². The Balaban J connectivity index is 2.21. The number of rotatable bonds is 4. The standard InChI is InChI=1S/C15H14FNO3/c1-10-6-7-13(16)15(8-10)20-9-12-4-3-5-14(11(12)2)17(18)19/h3-8H,9H2,1-2H3. The third-order valence-corrected chi connectivity index (χ3v) is 3.08. The monoisotopic (exact) mass is 275 g/mol. The van der Waals surface area contributed by atoms with Crippen LogP contribution in [0.2, 0.25) is 0 Å². The summed E-state index contributed by atoms with van der Waals surface area (Å²) < 4.78 is 19.0. The molecule has 2 aromatic carbocycles. The smallest absolute Gasteiger partial charge is 0.272 e. The molecule has 0 aromatic heterocycles. The predicted octanol–water partition coefficient (Wildman–Crippen LogP) is 3.93. The molecule has 0 aliphatic rings. The quantitative estimate of drug-likeness (QED) is 0.627. The summed E-state index contributed by atoms with van der Waals surface area (Å²) in [5, 5.41) is 10.9. The Morgan fingerprint density at radius 1 is 1.25 bits per heavy atom. The maximum atomic E-state index is 13.5. The summed E-state index contributed by atoms with van der Waals surface area (Å²) in [5.74, 6) is -0.297. The highest BCUT2D eigenvalue weighted by Gasteiger charge is 2.14. The molecule has 0 heterocycles. The Kier molecular flexibility index (Phi) is 3.98. The third kappa shape index (κ3) is 2.93. The molecule has 0 amide bonds. The highest BCUT2D eigenvalue weighted by Crippen LogP contribution is 2.24. The molecule has 0 N–H and O–H groups in total. The summed E-state index contributed by atoms with van der Waals surface area (Å²) in [6.07, 6.45) is 0. The fourth-order valence-corrected chi connectivity index (χ4v) is 1.90. The number of halogens is 1. The Morgan fingerprint density at radius 2 is 2.00 bits per heavy atom. The van der Waals surface area contributed by atoms with Crippen LogP contribution in [0.3, 0.4) is 0 Å². The van der Waals surface area contributed by atoms with Crippen LogP contribution in [0.25, 0.3) is 0 Å². The summed E-state index contributed by atoms with van der Waals surface area (Å²) in [7, 11) is 0. The van der Waals surface area contributed by atoms with Crippen molar-refractivity contribution in [2.75, 3.05) is 0 Å². The summed E-state index contributed by atoms with van der Waals surface area (Å²) in [6, 6.07) is 9.35. The van der Waals surface area contributed by atoms with Crippen molar-refractivity contribution in [3.63, 3.8) is 0 Å². The molecule has 0 unspecified atom stereocenters. The molecule has 5 heteroatoms. The van der Waals surface area contributed by atoms with Gasteiger partial charge in [0.25, 0.3) is 5.69 Å². The van der Waals surface area contributed by atoms with Crippen LogP contribution in [0.15, 0.2) is 36.4 Å². The predicted molar refractivity (Wildman–Crippen MR) is 73.3 cm³/mol. The second-order valence-electron chi connectivity index (χ2n) is 4.54. The van der Waals surface area contributed by atoms with Crippen LogP contribution in [0.5, 0.6) is 5.75 Å². The van der Waals surface area contributed by atoms with Crippen LogP contribution < -0.4 is 4.74 Å². The minimum absolute atomic E-state index is 0.0378. The lowest BCUT2D eigenvalue weighted by molar-refractivity contribution is -0.385. The Hall–Kier alpha value is -2.43. The van der Waals surface area contributed by atoms with E-state index in [-0.39, 0.29) is 18.0 Å². The number of nitro groups is 1. The normalized spacial score (nSPS) is 10.3. The van der Waals surface area contributed by atoms with Crippen molar-refractivity contribution in [1.82, 2.24) is 0 Å². The molecule has 20 heavy (non-hydrogen) atoms. The SMILES string of the molecule is Cc1ccc(F)c(OCc2cccc([N+](=O)[O-])c2C)c1. The topological polar surface area (TPSA) is 52.4 Å². The minimum Gasteiger partial charge on any atom is -0.486 e. The van der Waals surface area contributed by atoms with Crippen LogP contribution in [0.4, 0.5) is 10.1 Å². The average molecular weight is 275 g/mol. The van der Waals surface area contributed by atoms with E-state index >= 15 is 0 Å². The molecule has 4 nitrogen and oxygen atoms in total. The second kappa shape index (κ2) is 5.69. The number of aryl methyl sites for hydroxylation is 1. The van der Waals surface area contributed by atoms with E-state index in [9.17, 15) is 14.5 Å². The van der Waals surface area contributed by atoms with Crippen LogP contribution >= 0.6 is 0 Å². The largest absolute Gasteiger partial charge is 0.486 e. The minimum atomic E-state index is -0.446. The van der Waals surface area contributed by atoms with Gasteiger partial charge in [-0.1, -0.05) is 18.2 Å². The van der Waals surface area contributed by atoms with Gasteiger partial charge in [0.15, 0.2) is 11.6 Å². The van der Waals surface area contributed by atoms with Crippen molar-refractivity contribution in [1.29, 1.82) is 0 Å². The molecular weight excluding hydrogens is 261 g/mol. The Morgan fingerprint density at radius 3 is 2.70 bits per heavy atom. The number of nitro benzene ring substituents is 1. The molecule has 0 saturated carbocycles. The van der Waals surface area contributed by atoms with E-state index in [4.69, 9.17) is 4.74 Å². The van der Waals surface area contributed by atoms with E-state index in [1.54, 1.807) is 31.2 Å². The van der Waals surface area contributed by atoms with Crippen LogP contribution in [-0.2, 0) is 6.61 Å². The first-order valence-corrected chi connectivity index (χ1v) is 6.11. The number of hydrogen-bond acceptors (Lipinski definition) is 3. The zero-order valence-electron chi connectivity index (χ0n) is 11.2. The number of nitrogens with zero attached hydrogens (tertiary/aromatic N) is 1. The molecule has 0 saturated heterocycles. The highest BCUT2D eigenvalue weighted by atomic mass is 19.1. The van der Waals surface area contributed by atoms with Gasteiger partial charge >= 0.3 is 0 Å². The molecule has 104 valence electrons. The van der Waals surface area contributed by atoms with Crippen LogP contribution in [0, 0.1) is 29.8 Å². The van der Waals surface area contributed by atoms with Gasteiger partial charge in [-0.3, -0.25) is 10.1 Å². The molecule has 2 rings (SSSR count). The molecule has 0 aliphatic carbocycles. The molecule has 0 spiro atoms. The fourth-order valence-electron chi connectivity index (χ4n) is 1.90. The van der Waals surface area contributed by atoms with Gasteiger partial charge in [-0.15, -0.1) is 0 Å². The fraction of sp³-hybridized carbons (Fsp3) is 0.200. The first-order chi connectivity index (χ1) is 9.49. The maximum Gasteiger partial charge on any atom is 0.272 e. The van der Waals surface area contributed by atoms with Gasteiger partial charge in [0.2, 0.25) is 0 Å². The van der Waals surface area contributed by atoms with Gasteiger partial charge in [0.05, 0.1) is 4.92 Å². The lowest BCUT2D eigenvalue weighted by Crippen LogP contribution is -2.02. The average Bonchev–Trinajstić information content (AvgIpc) is 2.41. The van der Waals surface area contributed by atoms with Gasteiger partial charge in [0, 0.05) is 11.6 Å². The number of ether oxygens (including phenoxy) is 1. The molecular formula is C15H14FNO3. The van der Waals surface area contributed by atoms with Crippen molar-refractivity contribution in [2.24, 2.45) is 0 Å². The van der Waals surface area contributed by atoms with Crippen molar-refractivity contribution >= 4 is 5.69 Å². The number of benzene rings is 2. The molecule has 0 aliphatic heterocycles. The van der Waals surface area contributed by atoms with E-state index in [1.807, 2.05) is 6.92 Å². The summed E-state index contributed by atoms with van der Waals surface area (Å²) in [4.78, 5) is 10.4. The number of hydrogen-bond donors (Lipinski definition) is 0. The van der Waals surface area contributed by atoms with E-state index in [0.717, 1.165) is 5.56 Å². The second-order valence-corrected chi connectivity index (χ2v) is 4.54. The molecule has 0 bridgehead atoms. The maximum absolute atomic E-state index is 13.5. The Labute approximate surface area is 116 Å². The molecule has 0 radical (unpaired) electrons. The van der Waals surface area contributed by atoms with Gasteiger partial charge in [-0.05, 0) is 37.1 Å². The van der Waals surface area contributed by atoms with Crippen molar-refractivity contribution in [2.45, 2.75) is 20.5 Å². The summed E-state index contributed by atoms with van der Waals surface area (Å²) in [5.41, 5.74) is 2.12. The van der Waals surface area contributed by atoms with E-state index in [1.165, 1.54) is 12.1 Å². The van der Waals surface area contributed by atoms with Gasteiger partial charge in [0.1, 0.15) is 6.61 Å². The van der Waals surface area contributed by atoms with Crippen molar-refractivity contribution in [3.8, 4) is 5.75 Å². The van der Waals surface area contributed by atoms with Gasteiger partial charge in [-0.25, -0.2) is 4.39 Å². The van der Waals surface area contributed by atoms with E-state index in [2.05, 4.69) is 0 Å². The lowest BCUT2D eigenvalue weighted by atomic mass is 10.1. The molecule has 2 aromatic rings. The lowest BCUT2D eigenvalue weighted by Gasteiger charge is -2.10. The van der Waals surface area contributed by atoms with Crippen molar-refractivity contribution in [3.05, 3.63) is 69.0 Å². The van der Waals surface area contributed by atoms with E-state index < -0.39 is 10.7 Å². The zero-order valence-corrected chi connectivity index (χ0v) is 11.2. The molecule has 0 atom stereocenters. The highest BCUT2D eigenvalue weighted by molar-refractivity contribution is 5.44. The third-order valence-electron chi connectivity index (χ3n) is 3.08. The van der Waals surface area contributed by atoms with Crippen LogP contribution in [0.1, 0.15) is 16.7 Å². The Bertz CT molecular complexity index is 656. The van der Waals surface area contributed by atoms with Crippen molar-refractivity contribution < 1.29 is 14.1 Å². The molecule has 0 fully saturated rings. The van der Waals surface area contributed by atoms with Gasteiger partial charge < -0.3 is 4.74 Å². The first-order valence-electron chi connectivity index (χ1n) is 6.11.